The molecule has 2 heterocycles. The van der Waals surface area contributed by atoms with E-state index in [1.807, 2.05) is 0 Å². The maximum Gasteiger partial charge on any atom is 0.416 e. The Hall–Kier alpha value is -3.11. The number of halogens is 3. The molecule has 1 aromatic carbocycles. The van der Waals surface area contributed by atoms with Crippen LogP contribution in [0.25, 0.3) is 10.6 Å². The fourth-order valence-corrected chi connectivity index (χ4v) is 2.98. The molecule has 3 aromatic rings. The number of benzene rings is 1. The van der Waals surface area contributed by atoms with E-state index in [4.69, 9.17) is 4.42 Å². The Labute approximate surface area is 153 Å². The zero-order valence-corrected chi connectivity index (χ0v) is 14.1. The van der Waals surface area contributed by atoms with Crippen molar-refractivity contribution in [2.45, 2.75) is 6.18 Å². The first-order valence-electron chi connectivity index (χ1n) is 7.40. The van der Waals surface area contributed by atoms with Gasteiger partial charge >= 0.3 is 11.8 Å². The predicted octanol–water partition coefficient (Wildman–Crippen LogP) is 4.44. The van der Waals surface area contributed by atoms with Crippen molar-refractivity contribution >= 4 is 28.6 Å². The number of amides is 1. The first kappa shape index (κ1) is 18.7. The van der Waals surface area contributed by atoms with E-state index in [1.165, 1.54) is 23.5 Å². The quantitative estimate of drug-likeness (QED) is 0.567. The molecule has 0 bridgehead atoms. The van der Waals surface area contributed by atoms with Crippen LogP contribution in [0.3, 0.4) is 0 Å². The molecule has 140 valence electrons. The number of hydrogen-bond donors (Lipinski definition) is 3. The molecule has 0 fully saturated rings. The van der Waals surface area contributed by atoms with E-state index in [0.717, 1.165) is 18.2 Å². The Morgan fingerprint density at radius 2 is 1.93 bits per heavy atom. The maximum atomic E-state index is 12.8. The highest BCUT2D eigenvalue weighted by Crippen LogP contribution is 2.31. The van der Waals surface area contributed by atoms with Crippen molar-refractivity contribution in [3.05, 3.63) is 69.4 Å². The summed E-state index contributed by atoms with van der Waals surface area (Å²) in [5.41, 5.74) is -1.24. The molecule has 2 aromatic heterocycles. The van der Waals surface area contributed by atoms with E-state index < -0.39 is 28.8 Å². The van der Waals surface area contributed by atoms with Gasteiger partial charge in [-0.3, -0.25) is 15.5 Å². The second-order valence-electron chi connectivity index (χ2n) is 5.31. The third kappa shape index (κ3) is 4.01. The molecule has 0 atom stereocenters. The summed E-state index contributed by atoms with van der Waals surface area (Å²) < 4.78 is 43.4. The van der Waals surface area contributed by atoms with Crippen LogP contribution >= 0.6 is 11.3 Å². The van der Waals surface area contributed by atoms with Crippen molar-refractivity contribution < 1.29 is 27.6 Å². The minimum absolute atomic E-state index is 0.127. The van der Waals surface area contributed by atoms with Crippen LogP contribution in [0, 0.1) is 0 Å². The lowest BCUT2D eigenvalue weighted by atomic mass is 10.1. The van der Waals surface area contributed by atoms with Gasteiger partial charge in [0.25, 0.3) is 5.91 Å². The van der Waals surface area contributed by atoms with Gasteiger partial charge in [-0.05, 0) is 29.6 Å². The molecule has 0 radical (unpaired) electrons. The molecule has 0 aliphatic rings. The summed E-state index contributed by atoms with van der Waals surface area (Å²) in [5.74, 6) is -0.903. The molecule has 3 N–H and O–H groups in total. The van der Waals surface area contributed by atoms with Gasteiger partial charge in [0.2, 0.25) is 0 Å². The van der Waals surface area contributed by atoms with Gasteiger partial charge in [0.1, 0.15) is 0 Å². The van der Waals surface area contributed by atoms with Gasteiger partial charge in [-0.15, -0.1) is 11.3 Å². The molecule has 10 heteroatoms. The molecule has 6 nitrogen and oxygen atoms in total. The summed E-state index contributed by atoms with van der Waals surface area (Å²) in [6.45, 7) is 0. The smallest absolute Gasteiger partial charge is 0.416 e. The summed E-state index contributed by atoms with van der Waals surface area (Å²) in [7, 11) is 0. The van der Waals surface area contributed by atoms with Crippen molar-refractivity contribution in [2.24, 2.45) is 0 Å². The van der Waals surface area contributed by atoms with Crippen molar-refractivity contribution in [3.8, 4) is 10.6 Å². The second-order valence-corrected chi connectivity index (χ2v) is 6.26. The van der Waals surface area contributed by atoms with Crippen molar-refractivity contribution in [2.75, 3.05) is 10.8 Å². The Balaban J connectivity index is 1.94. The van der Waals surface area contributed by atoms with Crippen molar-refractivity contribution in [1.82, 2.24) is 0 Å². The summed E-state index contributed by atoms with van der Waals surface area (Å²) in [6.07, 6.45) is -4.58. The fourth-order valence-electron chi connectivity index (χ4n) is 2.30. The van der Waals surface area contributed by atoms with Crippen LogP contribution in [0.4, 0.5) is 24.5 Å². The van der Waals surface area contributed by atoms with Gasteiger partial charge in [0, 0.05) is 11.8 Å². The van der Waals surface area contributed by atoms with E-state index in [1.54, 1.807) is 23.0 Å². The SMILES string of the molecule is O=C(Nc1cccc(C(F)(F)F)c1)c1c(NO)cc(-c2cccs2)oc1=O. The lowest BCUT2D eigenvalue weighted by molar-refractivity contribution is -0.137. The van der Waals surface area contributed by atoms with Crippen LogP contribution in [-0.2, 0) is 6.18 Å². The van der Waals surface area contributed by atoms with Crippen LogP contribution in [0.5, 0.6) is 0 Å². The van der Waals surface area contributed by atoms with E-state index in [-0.39, 0.29) is 17.1 Å². The molecule has 0 unspecified atom stereocenters. The molecule has 0 saturated carbocycles. The third-order valence-corrected chi connectivity index (χ3v) is 4.40. The number of hydrogen-bond acceptors (Lipinski definition) is 6. The van der Waals surface area contributed by atoms with Gasteiger partial charge < -0.3 is 9.73 Å². The monoisotopic (exact) mass is 396 g/mol. The summed E-state index contributed by atoms with van der Waals surface area (Å²) in [6, 6.07) is 8.57. The highest BCUT2D eigenvalue weighted by Gasteiger charge is 2.30. The molecule has 27 heavy (non-hydrogen) atoms. The highest BCUT2D eigenvalue weighted by molar-refractivity contribution is 7.13. The topological polar surface area (TPSA) is 91.6 Å². The average molecular weight is 396 g/mol. The lowest BCUT2D eigenvalue weighted by Gasteiger charge is -2.11. The first-order chi connectivity index (χ1) is 12.8. The van der Waals surface area contributed by atoms with Crippen LogP contribution in [-0.4, -0.2) is 11.1 Å². The minimum atomic E-state index is -4.58. The highest BCUT2D eigenvalue weighted by atomic mass is 32.1. The Morgan fingerprint density at radius 3 is 2.56 bits per heavy atom. The number of rotatable bonds is 4. The molecule has 0 spiro atoms. The molecule has 3 rings (SSSR count). The predicted molar refractivity (Wildman–Crippen MR) is 93.1 cm³/mol. The summed E-state index contributed by atoms with van der Waals surface area (Å²) in [5, 5.41) is 13.2. The van der Waals surface area contributed by atoms with Gasteiger partial charge in [-0.1, -0.05) is 12.1 Å². The summed E-state index contributed by atoms with van der Waals surface area (Å²) >= 11 is 1.28. The van der Waals surface area contributed by atoms with E-state index >= 15 is 0 Å². The zero-order valence-electron chi connectivity index (χ0n) is 13.3. The number of anilines is 2. The Bertz CT molecular complexity index is 1030. The Kier molecular flexibility index (Phi) is 5.02. The standard InChI is InChI=1S/C17H11F3N2O4S/c18-17(19,20)9-3-1-4-10(7-9)21-15(23)14-11(22-25)8-12(26-16(14)24)13-5-2-6-27-13/h1-8,22,25H,(H,21,23). The molecular weight excluding hydrogens is 385 g/mol. The van der Waals surface area contributed by atoms with E-state index in [0.29, 0.717) is 4.88 Å². The van der Waals surface area contributed by atoms with Crippen LogP contribution in [0.15, 0.2) is 57.1 Å². The largest absolute Gasteiger partial charge is 0.421 e. The number of alkyl halides is 3. The molecule has 0 aliphatic heterocycles. The van der Waals surface area contributed by atoms with E-state index in [9.17, 15) is 28.0 Å². The zero-order chi connectivity index (χ0) is 19.6. The minimum Gasteiger partial charge on any atom is -0.421 e. The van der Waals surface area contributed by atoms with Crippen molar-refractivity contribution in [3.63, 3.8) is 0 Å². The number of thiophene rings is 1. The normalized spacial score (nSPS) is 11.3. The molecule has 0 aliphatic carbocycles. The third-order valence-electron chi connectivity index (χ3n) is 3.51. The van der Waals surface area contributed by atoms with Crippen LogP contribution in [0.2, 0.25) is 0 Å². The van der Waals surface area contributed by atoms with Crippen LogP contribution in [0.1, 0.15) is 15.9 Å². The Morgan fingerprint density at radius 1 is 1.15 bits per heavy atom. The average Bonchev–Trinajstić information content (AvgIpc) is 3.15. The number of carbonyl (C=O) groups excluding carboxylic acids is 1. The first-order valence-corrected chi connectivity index (χ1v) is 8.28. The van der Waals surface area contributed by atoms with Gasteiger partial charge in [-0.2, -0.15) is 13.2 Å². The summed E-state index contributed by atoms with van der Waals surface area (Å²) in [4.78, 5) is 25.2. The second kappa shape index (κ2) is 7.25. The van der Waals surface area contributed by atoms with Gasteiger partial charge in [0.05, 0.1) is 16.1 Å². The van der Waals surface area contributed by atoms with E-state index in [2.05, 4.69) is 5.32 Å². The van der Waals surface area contributed by atoms with Crippen molar-refractivity contribution in [1.29, 1.82) is 0 Å². The maximum absolute atomic E-state index is 12.8. The number of carbonyl (C=O) groups is 1. The molecular formula is C17H11F3N2O4S. The molecule has 1 amide bonds. The number of nitrogens with one attached hydrogen (secondary N) is 2. The van der Waals surface area contributed by atoms with Crippen LogP contribution < -0.4 is 16.4 Å². The van der Waals surface area contributed by atoms with Gasteiger partial charge in [0.15, 0.2) is 11.3 Å². The fraction of sp³-hybridized carbons (Fsp3) is 0.0588. The molecule has 0 saturated heterocycles. The van der Waals surface area contributed by atoms with Gasteiger partial charge in [-0.25, -0.2) is 4.79 Å². The lowest BCUT2D eigenvalue weighted by Crippen LogP contribution is -2.23.